The first-order valence-corrected chi connectivity index (χ1v) is 7.29. The molecule has 2 aromatic carbocycles. The highest BCUT2D eigenvalue weighted by atomic mass is 79.9. The Morgan fingerprint density at radius 1 is 1.05 bits per heavy atom. The number of hydrogen-bond donors (Lipinski definition) is 1. The molecule has 0 atom stereocenters. The molecule has 0 aromatic heterocycles. The molecule has 0 amide bonds. The van der Waals surface area contributed by atoms with E-state index in [0.29, 0.717) is 21.3 Å². The minimum absolute atomic E-state index is 0.0235. The second-order valence-corrected chi connectivity index (χ2v) is 6.66. The number of carbonyl (C=O) groups is 1. The zero-order chi connectivity index (χ0) is 14.9. The van der Waals surface area contributed by atoms with Gasteiger partial charge in [0, 0.05) is 16.8 Å². The maximum atomic E-state index is 12.5. The molecule has 0 radical (unpaired) electrons. The predicted molar refractivity (Wildman–Crippen MR) is 87.1 cm³/mol. The van der Waals surface area contributed by atoms with Gasteiger partial charge in [0.15, 0.2) is 5.78 Å². The van der Waals surface area contributed by atoms with Crippen LogP contribution in [0.3, 0.4) is 0 Å². The van der Waals surface area contributed by atoms with Crippen molar-refractivity contribution in [1.82, 2.24) is 0 Å². The molecule has 3 heteroatoms. The van der Waals surface area contributed by atoms with Crippen LogP contribution in [0.25, 0.3) is 0 Å². The Morgan fingerprint density at radius 2 is 1.65 bits per heavy atom. The Labute approximate surface area is 128 Å². The van der Waals surface area contributed by atoms with Gasteiger partial charge < -0.3 is 5.73 Å². The van der Waals surface area contributed by atoms with E-state index in [9.17, 15) is 4.79 Å². The van der Waals surface area contributed by atoms with Crippen molar-refractivity contribution in [1.29, 1.82) is 0 Å². The van der Waals surface area contributed by atoms with Gasteiger partial charge >= 0.3 is 0 Å². The quantitative estimate of drug-likeness (QED) is 0.647. The third kappa shape index (κ3) is 2.93. The molecule has 0 aliphatic rings. The summed E-state index contributed by atoms with van der Waals surface area (Å²) in [6.45, 7) is 6.45. The van der Waals surface area contributed by atoms with Gasteiger partial charge in [0.1, 0.15) is 0 Å². The van der Waals surface area contributed by atoms with E-state index in [1.165, 1.54) is 5.56 Å². The average molecular weight is 332 g/mol. The van der Waals surface area contributed by atoms with Crippen LogP contribution in [0.5, 0.6) is 0 Å². The van der Waals surface area contributed by atoms with Crippen LogP contribution in [0.4, 0.5) is 5.69 Å². The summed E-state index contributed by atoms with van der Waals surface area (Å²) in [5.41, 5.74) is 8.94. The molecule has 0 unspecified atom stereocenters. The fourth-order valence-corrected chi connectivity index (χ4v) is 2.45. The standard InChI is InChI=1S/C17H18BrNO/c1-17(2,3)12-9-7-11(8-10-12)16(20)13-5-4-6-14(19)15(13)18/h4-10H,19H2,1-3H3. The number of halogens is 1. The molecule has 0 spiro atoms. The van der Waals surface area contributed by atoms with Crippen LogP contribution in [-0.2, 0) is 5.41 Å². The van der Waals surface area contributed by atoms with E-state index in [4.69, 9.17) is 5.73 Å². The summed E-state index contributed by atoms with van der Waals surface area (Å²) < 4.78 is 0.657. The number of benzene rings is 2. The molecule has 2 N–H and O–H groups in total. The van der Waals surface area contributed by atoms with Gasteiger partial charge in [0.25, 0.3) is 0 Å². The lowest BCUT2D eigenvalue weighted by molar-refractivity contribution is 0.103. The van der Waals surface area contributed by atoms with Gasteiger partial charge in [-0.25, -0.2) is 0 Å². The second kappa shape index (κ2) is 5.41. The Bertz CT molecular complexity index is 639. The van der Waals surface area contributed by atoms with Crippen molar-refractivity contribution in [2.45, 2.75) is 26.2 Å². The van der Waals surface area contributed by atoms with Crippen molar-refractivity contribution in [3.63, 3.8) is 0 Å². The van der Waals surface area contributed by atoms with Crippen LogP contribution in [0.2, 0.25) is 0 Å². The van der Waals surface area contributed by atoms with Crippen LogP contribution in [-0.4, -0.2) is 5.78 Å². The number of hydrogen-bond acceptors (Lipinski definition) is 2. The summed E-state index contributed by atoms with van der Waals surface area (Å²) in [5, 5.41) is 0. The second-order valence-electron chi connectivity index (χ2n) is 5.87. The first kappa shape index (κ1) is 14.8. The molecule has 2 rings (SSSR count). The van der Waals surface area contributed by atoms with Crippen LogP contribution in [0.15, 0.2) is 46.9 Å². The molecule has 0 aliphatic carbocycles. The summed E-state index contributed by atoms with van der Waals surface area (Å²) in [6, 6.07) is 13.1. The average Bonchev–Trinajstić information content (AvgIpc) is 2.40. The Hall–Kier alpha value is -1.61. The zero-order valence-corrected chi connectivity index (χ0v) is 13.5. The lowest BCUT2D eigenvalue weighted by atomic mass is 9.86. The molecule has 2 nitrogen and oxygen atoms in total. The topological polar surface area (TPSA) is 43.1 Å². The highest BCUT2D eigenvalue weighted by Crippen LogP contribution is 2.27. The van der Waals surface area contributed by atoms with Crippen molar-refractivity contribution >= 4 is 27.4 Å². The van der Waals surface area contributed by atoms with Gasteiger partial charge in [-0.2, -0.15) is 0 Å². The van der Waals surface area contributed by atoms with Crippen molar-refractivity contribution < 1.29 is 4.79 Å². The molecule has 2 aromatic rings. The van der Waals surface area contributed by atoms with E-state index >= 15 is 0 Å². The van der Waals surface area contributed by atoms with E-state index in [1.807, 2.05) is 24.3 Å². The lowest BCUT2D eigenvalue weighted by Crippen LogP contribution is -2.11. The summed E-state index contributed by atoms with van der Waals surface area (Å²) in [4.78, 5) is 12.5. The number of nitrogen functional groups attached to an aromatic ring is 1. The van der Waals surface area contributed by atoms with E-state index in [0.717, 1.165) is 0 Å². The normalized spacial score (nSPS) is 11.4. The van der Waals surface area contributed by atoms with Crippen LogP contribution in [0, 0.1) is 0 Å². The van der Waals surface area contributed by atoms with E-state index in [-0.39, 0.29) is 11.2 Å². The number of anilines is 1. The van der Waals surface area contributed by atoms with Crippen molar-refractivity contribution in [3.05, 3.63) is 63.6 Å². The summed E-state index contributed by atoms with van der Waals surface area (Å²) in [5.74, 6) is -0.0235. The van der Waals surface area contributed by atoms with E-state index in [2.05, 4.69) is 36.7 Å². The summed E-state index contributed by atoms with van der Waals surface area (Å²) in [7, 11) is 0. The minimum atomic E-state index is -0.0235. The molecule has 0 aliphatic heterocycles. The number of carbonyl (C=O) groups excluding carboxylic acids is 1. The van der Waals surface area contributed by atoms with E-state index < -0.39 is 0 Å². The predicted octanol–water partition coefficient (Wildman–Crippen LogP) is 4.56. The van der Waals surface area contributed by atoms with E-state index in [1.54, 1.807) is 18.2 Å². The molecule has 0 heterocycles. The molecule has 0 fully saturated rings. The Morgan fingerprint density at radius 3 is 2.20 bits per heavy atom. The molecule has 0 bridgehead atoms. The minimum Gasteiger partial charge on any atom is -0.398 e. The largest absolute Gasteiger partial charge is 0.398 e. The molecule has 0 saturated heterocycles. The highest BCUT2D eigenvalue weighted by Gasteiger charge is 2.16. The number of nitrogens with two attached hydrogens (primary N) is 1. The maximum Gasteiger partial charge on any atom is 0.194 e. The third-order valence-corrected chi connectivity index (χ3v) is 4.17. The fourth-order valence-electron chi connectivity index (χ4n) is 2.00. The van der Waals surface area contributed by atoms with Crippen molar-refractivity contribution in [3.8, 4) is 0 Å². The Kier molecular flexibility index (Phi) is 4.00. The molecule has 104 valence electrons. The molecule has 20 heavy (non-hydrogen) atoms. The smallest absolute Gasteiger partial charge is 0.194 e. The van der Waals surface area contributed by atoms with Gasteiger partial charge in [0.05, 0.1) is 4.47 Å². The Balaban J connectivity index is 2.37. The van der Waals surface area contributed by atoms with Crippen LogP contribution in [0.1, 0.15) is 42.3 Å². The first-order valence-electron chi connectivity index (χ1n) is 6.50. The fraction of sp³-hybridized carbons (Fsp3) is 0.235. The number of ketones is 1. The van der Waals surface area contributed by atoms with Crippen LogP contribution < -0.4 is 5.73 Å². The van der Waals surface area contributed by atoms with Gasteiger partial charge in [-0.05, 0) is 39.0 Å². The molecular formula is C17H18BrNO. The molecule has 0 saturated carbocycles. The SMILES string of the molecule is CC(C)(C)c1ccc(C(=O)c2cccc(N)c2Br)cc1. The number of rotatable bonds is 2. The highest BCUT2D eigenvalue weighted by molar-refractivity contribution is 9.10. The van der Waals surface area contributed by atoms with Gasteiger partial charge in [-0.1, -0.05) is 51.1 Å². The monoisotopic (exact) mass is 331 g/mol. The third-order valence-electron chi connectivity index (χ3n) is 3.29. The van der Waals surface area contributed by atoms with Gasteiger partial charge in [-0.3, -0.25) is 4.79 Å². The zero-order valence-electron chi connectivity index (χ0n) is 11.9. The van der Waals surface area contributed by atoms with Gasteiger partial charge in [0.2, 0.25) is 0 Å². The first-order chi connectivity index (χ1) is 9.30. The lowest BCUT2D eigenvalue weighted by Gasteiger charge is -2.19. The van der Waals surface area contributed by atoms with Crippen molar-refractivity contribution in [2.24, 2.45) is 0 Å². The molecular weight excluding hydrogens is 314 g/mol. The van der Waals surface area contributed by atoms with Crippen molar-refractivity contribution in [2.75, 3.05) is 5.73 Å². The maximum absolute atomic E-state index is 12.5. The van der Waals surface area contributed by atoms with Crippen LogP contribution >= 0.6 is 15.9 Å². The summed E-state index contributed by atoms with van der Waals surface area (Å²) in [6.07, 6.45) is 0. The summed E-state index contributed by atoms with van der Waals surface area (Å²) >= 11 is 3.38. The van der Waals surface area contributed by atoms with Gasteiger partial charge in [-0.15, -0.1) is 0 Å².